The van der Waals surface area contributed by atoms with E-state index in [2.05, 4.69) is 39.9 Å². The number of nitrogens with one attached hydrogen (secondary N) is 2. The summed E-state index contributed by atoms with van der Waals surface area (Å²) in [6, 6.07) is 0. The molecule has 0 atom stereocenters. The summed E-state index contributed by atoms with van der Waals surface area (Å²) in [5, 5.41) is 0. The Hall–Kier alpha value is -3.02. The summed E-state index contributed by atoms with van der Waals surface area (Å²) in [5.74, 6) is 0. The molecule has 0 aliphatic heterocycles. The van der Waals surface area contributed by atoms with Gasteiger partial charge in [-0.25, -0.2) is 29.9 Å². The Labute approximate surface area is 117 Å². The maximum atomic E-state index is 3.91. The Bertz CT molecular complexity index is 644. The van der Waals surface area contributed by atoms with Crippen LogP contribution in [-0.2, 0) is 0 Å². The first-order valence-corrected chi connectivity index (χ1v) is 5.11. The SMILES string of the molecule is O.O.O.c1ncc2[nH]cnc2n1.c1ncc2[nH]cnc2n1. The fraction of sp³-hybridized carbons (Fsp3) is 0. The third-order valence-corrected chi connectivity index (χ3v) is 2.20. The Morgan fingerprint density at radius 1 is 0.619 bits per heavy atom. The summed E-state index contributed by atoms with van der Waals surface area (Å²) in [6.45, 7) is 0. The maximum absolute atomic E-state index is 3.91. The molecule has 4 aromatic rings. The highest BCUT2D eigenvalue weighted by atomic mass is 16.0. The van der Waals surface area contributed by atoms with Gasteiger partial charge in [0.25, 0.3) is 0 Å². The first kappa shape index (κ1) is 18.0. The molecular formula is C10H14N8O3. The van der Waals surface area contributed by atoms with Crippen molar-refractivity contribution in [3.63, 3.8) is 0 Å². The predicted molar refractivity (Wildman–Crippen MR) is 74.2 cm³/mol. The molecule has 0 radical (unpaired) electrons. The van der Waals surface area contributed by atoms with Crippen molar-refractivity contribution in [1.82, 2.24) is 39.9 Å². The molecule has 0 saturated carbocycles. The zero-order valence-electron chi connectivity index (χ0n) is 10.6. The standard InChI is InChI=1S/2C5H4N4.3H2O/c2*1-4-5(8-2-6-1)9-3-7-4;;;/h2*1-3H,(H,6,7,8,9);3*1H2. The van der Waals surface area contributed by atoms with Crippen molar-refractivity contribution in [1.29, 1.82) is 0 Å². The largest absolute Gasteiger partial charge is 0.412 e. The topological polar surface area (TPSA) is 203 Å². The molecule has 4 heterocycles. The lowest BCUT2D eigenvalue weighted by Gasteiger charge is -1.80. The average molecular weight is 294 g/mol. The van der Waals surface area contributed by atoms with Crippen LogP contribution in [0.4, 0.5) is 0 Å². The van der Waals surface area contributed by atoms with Crippen molar-refractivity contribution in [3.05, 3.63) is 37.7 Å². The number of hydrogen-bond acceptors (Lipinski definition) is 6. The predicted octanol–water partition coefficient (Wildman–Crippen LogP) is -1.77. The van der Waals surface area contributed by atoms with Gasteiger partial charge in [0.15, 0.2) is 11.3 Å². The number of imidazole rings is 2. The lowest BCUT2D eigenvalue weighted by molar-refractivity contribution is 0.823. The second kappa shape index (κ2) is 8.21. The highest BCUT2D eigenvalue weighted by Crippen LogP contribution is 1.99. The van der Waals surface area contributed by atoms with Gasteiger partial charge in [-0.05, 0) is 0 Å². The summed E-state index contributed by atoms with van der Waals surface area (Å²) < 4.78 is 0. The van der Waals surface area contributed by atoms with Crippen LogP contribution in [0, 0.1) is 0 Å². The van der Waals surface area contributed by atoms with E-state index in [1.807, 2.05) is 0 Å². The molecule has 0 aliphatic carbocycles. The molecule has 21 heavy (non-hydrogen) atoms. The number of rotatable bonds is 0. The van der Waals surface area contributed by atoms with Gasteiger partial charge in [-0.3, -0.25) is 0 Å². The Balaban J connectivity index is 0.000000333. The lowest BCUT2D eigenvalue weighted by atomic mass is 10.6. The van der Waals surface area contributed by atoms with Crippen LogP contribution in [0.1, 0.15) is 0 Å². The summed E-state index contributed by atoms with van der Waals surface area (Å²) in [5.41, 5.74) is 3.17. The third kappa shape index (κ3) is 3.97. The fourth-order valence-corrected chi connectivity index (χ4v) is 1.38. The molecule has 0 bridgehead atoms. The molecule has 0 spiro atoms. The third-order valence-electron chi connectivity index (χ3n) is 2.20. The number of H-pyrrole nitrogens is 2. The molecule has 4 aromatic heterocycles. The average Bonchev–Trinajstić information content (AvgIpc) is 3.08. The van der Waals surface area contributed by atoms with Crippen molar-refractivity contribution >= 4 is 22.3 Å². The second-order valence-electron chi connectivity index (χ2n) is 3.33. The van der Waals surface area contributed by atoms with Gasteiger partial charge in [0, 0.05) is 0 Å². The van der Waals surface area contributed by atoms with E-state index in [4.69, 9.17) is 0 Å². The van der Waals surface area contributed by atoms with Crippen LogP contribution >= 0.6 is 0 Å². The minimum Gasteiger partial charge on any atom is -0.412 e. The molecule has 0 aromatic carbocycles. The fourth-order valence-electron chi connectivity index (χ4n) is 1.38. The minimum absolute atomic E-state index is 0. The van der Waals surface area contributed by atoms with E-state index in [0.717, 1.165) is 11.0 Å². The normalized spacial score (nSPS) is 8.76. The van der Waals surface area contributed by atoms with Crippen LogP contribution in [0.25, 0.3) is 22.3 Å². The Kier molecular flexibility index (Phi) is 7.03. The van der Waals surface area contributed by atoms with Crippen LogP contribution < -0.4 is 0 Å². The second-order valence-corrected chi connectivity index (χ2v) is 3.33. The highest BCUT2D eigenvalue weighted by molar-refractivity contribution is 5.67. The molecule has 112 valence electrons. The summed E-state index contributed by atoms with van der Waals surface area (Å²) in [7, 11) is 0. The number of hydrogen-bond donors (Lipinski definition) is 2. The minimum atomic E-state index is 0. The van der Waals surface area contributed by atoms with E-state index in [0.29, 0.717) is 11.3 Å². The van der Waals surface area contributed by atoms with Crippen LogP contribution in [0.5, 0.6) is 0 Å². The Morgan fingerprint density at radius 3 is 1.43 bits per heavy atom. The van der Waals surface area contributed by atoms with Gasteiger partial charge in [0.05, 0.1) is 25.0 Å². The van der Waals surface area contributed by atoms with E-state index in [9.17, 15) is 0 Å². The number of nitrogens with zero attached hydrogens (tertiary/aromatic N) is 6. The van der Waals surface area contributed by atoms with Crippen LogP contribution in [-0.4, -0.2) is 56.3 Å². The molecule has 11 heteroatoms. The molecule has 0 amide bonds. The number of aromatic nitrogens is 8. The monoisotopic (exact) mass is 294 g/mol. The van der Waals surface area contributed by atoms with Gasteiger partial charge in [-0.15, -0.1) is 0 Å². The molecule has 0 fully saturated rings. The van der Waals surface area contributed by atoms with Gasteiger partial charge in [0.1, 0.15) is 23.7 Å². The van der Waals surface area contributed by atoms with Gasteiger partial charge in [-0.1, -0.05) is 0 Å². The van der Waals surface area contributed by atoms with Crippen molar-refractivity contribution in [2.75, 3.05) is 0 Å². The molecule has 11 nitrogen and oxygen atoms in total. The van der Waals surface area contributed by atoms with Crippen molar-refractivity contribution < 1.29 is 16.4 Å². The lowest BCUT2D eigenvalue weighted by Crippen LogP contribution is -1.76. The molecule has 4 rings (SSSR count). The van der Waals surface area contributed by atoms with Gasteiger partial charge < -0.3 is 26.4 Å². The first-order chi connectivity index (χ1) is 8.93. The zero-order chi connectivity index (χ0) is 12.2. The van der Waals surface area contributed by atoms with E-state index in [-0.39, 0.29) is 16.4 Å². The van der Waals surface area contributed by atoms with Gasteiger partial charge in [-0.2, -0.15) is 0 Å². The van der Waals surface area contributed by atoms with Crippen molar-refractivity contribution in [2.45, 2.75) is 0 Å². The molecule has 8 N–H and O–H groups in total. The summed E-state index contributed by atoms with van der Waals surface area (Å²) >= 11 is 0. The molecular weight excluding hydrogens is 280 g/mol. The van der Waals surface area contributed by atoms with Crippen molar-refractivity contribution in [2.24, 2.45) is 0 Å². The Morgan fingerprint density at radius 2 is 1.05 bits per heavy atom. The maximum Gasteiger partial charge on any atom is 0.180 e. The zero-order valence-corrected chi connectivity index (χ0v) is 10.6. The van der Waals surface area contributed by atoms with Crippen LogP contribution in [0.3, 0.4) is 0 Å². The van der Waals surface area contributed by atoms with Gasteiger partial charge in [0.2, 0.25) is 0 Å². The molecule has 0 aliphatic rings. The summed E-state index contributed by atoms with van der Waals surface area (Å²) in [4.78, 5) is 29.0. The number of fused-ring (bicyclic) bond motifs is 2. The van der Waals surface area contributed by atoms with Gasteiger partial charge >= 0.3 is 0 Å². The smallest absolute Gasteiger partial charge is 0.180 e. The van der Waals surface area contributed by atoms with E-state index in [1.165, 1.54) is 12.7 Å². The molecule has 0 unspecified atom stereocenters. The highest BCUT2D eigenvalue weighted by Gasteiger charge is 1.91. The molecule has 0 saturated heterocycles. The van der Waals surface area contributed by atoms with Crippen molar-refractivity contribution in [3.8, 4) is 0 Å². The quantitative estimate of drug-likeness (QED) is 0.383. The van der Waals surface area contributed by atoms with E-state index < -0.39 is 0 Å². The van der Waals surface area contributed by atoms with E-state index in [1.54, 1.807) is 25.0 Å². The van der Waals surface area contributed by atoms with Crippen LogP contribution in [0.15, 0.2) is 37.7 Å². The number of aromatic amines is 2. The van der Waals surface area contributed by atoms with Crippen LogP contribution in [0.2, 0.25) is 0 Å². The van der Waals surface area contributed by atoms with E-state index >= 15 is 0 Å². The first-order valence-electron chi connectivity index (χ1n) is 5.11. The summed E-state index contributed by atoms with van der Waals surface area (Å²) in [6.07, 6.45) is 9.52.